The Morgan fingerprint density at radius 1 is 1.14 bits per heavy atom. The van der Waals surface area contributed by atoms with Gasteiger partial charge in [-0.3, -0.25) is 4.79 Å². The summed E-state index contributed by atoms with van der Waals surface area (Å²) in [7, 11) is -3.79. The van der Waals surface area contributed by atoms with Crippen molar-refractivity contribution in [3.8, 4) is 0 Å². The van der Waals surface area contributed by atoms with E-state index in [0.717, 1.165) is 21.8 Å². The number of anilines is 1. The molecule has 0 radical (unpaired) electrons. The number of carbonyl (C=O) groups excluding carboxylic acids is 2. The summed E-state index contributed by atoms with van der Waals surface area (Å²) in [6.07, 6.45) is 0.410. The lowest BCUT2D eigenvalue weighted by Crippen LogP contribution is -2.64. The molecule has 2 fully saturated rings. The number of sulfonamides is 1. The van der Waals surface area contributed by atoms with Crippen molar-refractivity contribution in [2.45, 2.75) is 42.5 Å². The van der Waals surface area contributed by atoms with E-state index in [2.05, 4.69) is 19.2 Å². The van der Waals surface area contributed by atoms with Crippen molar-refractivity contribution in [1.82, 2.24) is 9.62 Å². The third-order valence-electron chi connectivity index (χ3n) is 5.21. The number of benzene rings is 1. The Morgan fingerprint density at radius 2 is 1.86 bits per heavy atom. The second-order valence-electron chi connectivity index (χ2n) is 7.26. The smallest absolute Gasteiger partial charge is 0.329 e. The first-order valence-corrected chi connectivity index (χ1v) is 11.4. The molecule has 1 aromatic heterocycles. The van der Waals surface area contributed by atoms with Crippen LogP contribution in [0.25, 0.3) is 0 Å². The monoisotopic (exact) mass is 419 g/mol. The van der Waals surface area contributed by atoms with Crippen molar-refractivity contribution in [2.75, 3.05) is 11.4 Å². The molecule has 0 bridgehead atoms. The van der Waals surface area contributed by atoms with E-state index in [4.69, 9.17) is 0 Å². The molecule has 0 spiro atoms. The summed E-state index contributed by atoms with van der Waals surface area (Å²) in [6.45, 7) is 4.32. The first-order chi connectivity index (χ1) is 13.3. The molecular weight excluding hydrogens is 398 g/mol. The van der Waals surface area contributed by atoms with Gasteiger partial charge in [-0.1, -0.05) is 32.0 Å². The lowest BCUT2D eigenvalue weighted by Gasteiger charge is -2.36. The van der Waals surface area contributed by atoms with Crippen molar-refractivity contribution in [2.24, 2.45) is 0 Å². The maximum absolute atomic E-state index is 13.2. The van der Waals surface area contributed by atoms with Gasteiger partial charge in [0.1, 0.15) is 10.3 Å². The molecule has 7 nitrogen and oxygen atoms in total. The van der Waals surface area contributed by atoms with Crippen LogP contribution in [0.15, 0.2) is 46.0 Å². The largest absolute Gasteiger partial charge is 0.332 e. The molecule has 4 rings (SSSR count). The van der Waals surface area contributed by atoms with Gasteiger partial charge in [0.25, 0.3) is 15.9 Å². The van der Waals surface area contributed by atoms with E-state index in [1.54, 1.807) is 23.6 Å². The number of hydrogen-bond donors (Lipinski definition) is 1. The highest BCUT2D eigenvalue weighted by Gasteiger charge is 2.52. The lowest BCUT2D eigenvalue weighted by molar-refractivity contribution is -0.122. The Morgan fingerprint density at radius 3 is 2.46 bits per heavy atom. The van der Waals surface area contributed by atoms with E-state index in [0.29, 0.717) is 18.0 Å². The third-order valence-corrected chi connectivity index (χ3v) is 8.47. The Bertz CT molecular complexity index is 1000. The number of thiophene rings is 1. The zero-order chi connectivity index (χ0) is 20.1. The lowest BCUT2D eigenvalue weighted by atomic mass is 10.0. The fourth-order valence-corrected chi connectivity index (χ4v) is 6.47. The normalized spacial score (nSPS) is 23.2. The summed E-state index contributed by atoms with van der Waals surface area (Å²) in [5.74, 6) is -0.186. The average molecular weight is 420 g/mol. The molecule has 2 aromatic rings. The van der Waals surface area contributed by atoms with Gasteiger partial charge in [-0.15, -0.1) is 11.3 Å². The van der Waals surface area contributed by atoms with Gasteiger partial charge < -0.3 is 5.32 Å². The second-order valence-corrected chi connectivity index (χ2v) is 10.3. The minimum absolute atomic E-state index is 0.196. The maximum atomic E-state index is 13.2. The van der Waals surface area contributed by atoms with Crippen molar-refractivity contribution in [3.63, 3.8) is 0 Å². The molecule has 2 atom stereocenters. The Labute approximate surface area is 168 Å². The minimum atomic E-state index is -3.79. The summed E-state index contributed by atoms with van der Waals surface area (Å²) in [4.78, 5) is 26.9. The molecule has 0 saturated carbocycles. The molecule has 28 heavy (non-hydrogen) atoms. The fourth-order valence-electron chi connectivity index (χ4n) is 3.71. The van der Waals surface area contributed by atoms with Crippen LogP contribution in [0.2, 0.25) is 0 Å². The van der Waals surface area contributed by atoms with Crippen LogP contribution in [0.1, 0.15) is 31.7 Å². The number of nitrogens with zero attached hydrogens (tertiary/aromatic N) is 2. The molecule has 2 aliphatic heterocycles. The van der Waals surface area contributed by atoms with Gasteiger partial charge >= 0.3 is 6.03 Å². The van der Waals surface area contributed by atoms with Crippen LogP contribution in [0, 0.1) is 0 Å². The number of imide groups is 1. The van der Waals surface area contributed by atoms with Crippen LogP contribution in [-0.4, -0.2) is 43.3 Å². The molecule has 148 valence electrons. The molecule has 0 unspecified atom stereocenters. The average Bonchev–Trinajstić information content (AvgIpc) is 3.32. The zero-order valence-corrected chi connectivity index (χ0v) is 17.2. The van der Waals surface area contributed by atoms with E-state index in [9.17, 15) is 18.0 Å². The molecule has 2 aliphatic rings. The van der Waals surface area contributed by atoms with Crippen molar-refractivity contribution in [3.05, 3.63) is 47.3 Å². The summed E-state index contributed by atoms with van der Waals surface area (Å²) in [6, 6.07) is 8.43. The van der Waals surface area contributed by atoms with Gasteiger partial charge in [0.15, 0.2) is 0 Å². The fraction of sp³-hybridized carbons (Fsp3) is 0.368. The Balaban J connectivity index is 1.67. The third kappa shape index (κ3) is 3.03. The maximum Gasteiger partial charge on any atom is 0.329 e. The SMILES string of the molecule is CC(C)c1ccc(N2C(=O)N[C@@H]3CCN(S(=O)(=O)c4cccs4)[C@@H]3C2=O)cc1. The van der Waals surface area contributed by atoms with Crippen LogP contribution in [-0.2, 0) is 14.8 Å². The molecule has 3 heterocycles. The van der Waals surface area contributed by atoms with Gasteiger partial charge in [-0.05, 0) is 41.5 Å². The van der Waals surface area contributed by atoms with E-state index in [1.807, 2.05) is 12.1 Å². The molecule has 2 saturated heterocycles. The number of hydrogen-bond acceptors (Lipinski definition) is 5. The van der Waals surface area contributed by atoms with Gasteiger partial charge in [-0.25, -0.2) is 18.1 Å². The van der Waals surface area contributed by atoms with Gasteiger partial charge in [-0.2, -0.15) is 4.31 Å². The van der Waals surface area contributed by atoms with Gasteiger partial charge in [0.2, 0.25) is 0 Å². The van der Waals surface area contributed by atoms with Crippen molar-refractivity contribution < 1.29 is 18.0 Å². The van der Waals surface area contributed by atoms with Crippen molar-refractivity contribution >= 4 is 39.0 Å². The van der Waals surface area contributed by atoms with Crippen LogP contribution in [0.5, 0.6) is 0 Å². The standard InChI is InChI=1S/C19H21N3O4S2/c1-12(2)13-5-7-14(8-6-13)22-18(23)17-15(20-19(22)24)9-10-21(17)28(25,26)16-4-3-11-27-16/h3-8,11-12,15,17H,9-10H2,1-2H3,(H,20,24)/t15-,17+/m1/s1. The Hall–Kier alpha value is -2.23. The number of urea groups is 1. The van der Waals surface area contributed by atoms with E-state index in [-0.39, 0.29) is 10.8 Å². The first-order valence-electron chi connectivity index (χ1n) is 9.10. The molecule has 0 aliphatic carbocycles. The van der Waals surface area contributed by atoms with Gasteiger partial charge in [0.05, 0.1) is 11.7 Å². The van der Waals surface area contributed by atoms with Crippen LogP contribution < -0.4 is 10.2 Å². The summed E-state index contributed by atoms with van der Waals surface area (Å²) in [5, 5.41) is 4.49. The molecular formula is C19H21N3O4S2. The highest BCUT2D eigenvalue weighted by atomic mass is 32.2. The zero-order valence-electron chi connectivity index (χ0n) is 15.5. The summed E-state index contributed by atoms with van der Waals surface area (Å²) >= 11 is 1.12. The van der Waals surface area contributed by atoms with Gasteiger partial charge in [0, 0.05) is 6.54 Å². The van der Waals surface area contributed by atoms with E-state index < -0.39 is 34.0 Å². The number of carbonyl (C=O) groups is 2. The van der Waals surface area contributed by atoms with Crippen molar-refractivity contribution in [1.29, 1.82) is 0 Å². The van der Waals surface area contributed by atoms with Crippen LogP contribution in [0.4, 0.5) is 10.5 Å². The van der Waals surface area contributed by atoms with E-state index in [1.165, 1.54) is 10.4 Å². The quantitative estimate of drug-likeness (QED) is 0.826. The highest BCUT2D eigenvalue weighted by molar-refractivity contribution is 7.91. The topological polar surface area (TPSA) is 86.8 Å². The predicted octanol–water partition coefficient (Wildman–Crippen LogP) is 2.76. The first kappa shape index (κ1) is 19.1. The minimum Gasteiger partial charge on any atom is -0.332 e. The number of amides is 3. The van der Waals surface area contributed by atoms with E-state index >= 15 is 0 Å². The summed E-state index contributed by atoms with van der Waals surface area (Å²) in [5.41, 5.74) is 1.53. The predicted molar refractivity (Wildman–Crippen MR) is 107 cm³/mol. The second kappa shape index (κ2) is 6.98. The molecule has 9 heteroatoms. The Kier molecular flexibility index (Phi) is 4.76. The number of nitrogens with one attached hydrogen (secondary N) is 1. The van der Waals surface area contributed by atoms with Crippen LogP contribution in [0.3, 0.4) is 0 Å². The van der Waals surface area contributed by atoms with Crippen LogP contribution >= 0.6 is 11.3 Å². The summed E-state index contributed by atoms with van der Waals surface area (Å²) < 4.78 is 27.4. The highest BCUT2D eigenvalue weighted by Crippen LogP contribution is 2.33. The number of rotatable bonds is 4. The molecule has 3 amide bonds. The number of fused-ring (bicyclic) bond motifs is 1. The molecule has 1 N–H and O–H groups in total. The molecule has 1 aromatic carbocycles.